The van der Waals surface area contributed by atoms with Crippen molar-refractivity contribution < 1.29 is 27.5 Å². The van der Waals surface area contributed by atoms with Crippen LogP contribution >= 0.6 is 0 Å². The van der Waals surface area contributed by atoms with Crippen molar-refractivity contribution >= 4 is 33.2 Å². The van der Waals surface area contributed by atoms with Gasteiger partial charge in [-0.05, 0) is 42.0 Å². The SMILES string of the molecule is COc1ccc(N(CC(=O)Nc2ccccc2C(=O)NCc2ccccc2)S(=O)(=O)c2ccccc2)c(OC)c1. The zero-order valence-electron chi connectivity index (χ0n) is 22.0. The van der Waals surface area contributed by atoms with Crippen LogP contribution in [0.1, 0.15) is 15.9 Å². The molecule has 0 atom stereocenters. The van der Waals surface area contributed by atoms with Gasteiger partial charge in [-0.2, -0.15) is 0 Å². The van der Waals surface area contributed by atoms with Gasteiger partial charge in [0.05, 0.1) is 36.1 Å². The molecule has 0 saturated carbocycles. The molecular weight excluding hydrogens is 530 g/mol. The summed E-state index contributed by atoms with van der Waals surface area (Å²) in [7, 11) is -1.31. The van der Waals surface area contributed by atoms with Gasteiger partial charge in [-0.1, -0.05) is 60.7 Å². The second kappa shape index (κ2) is 12.8. The van der Waals surface area contributed by atoms with Gasteiger partial charge >= 0.3 is 0 Å². The van der Waals surface area contributed by atoms with Crippen LogP contribution < -0.4 is 24.4 Å². The highest BCUT2D eigenvalue weighted by molar-refractivity contribution is 7.92. The average molecular weight is 560 g/mol. The molecule has 206 valence electrons. The van der Waals surface area contributed by atoms with E-state index in [0.717, 1.165) is 9.87 Å². The van der Waals surface area contributed by atoms with E-state index >= 15 is 0 Å². The van der Waals surface area contributed by atoms with E-state index in [1.165, 1.54) is 38.5 Å². The summed E-state index contributed by atoms with van der Waals surface area (Å²) in [5, 5.41) is 5.54. The molecule has 0 heterocycles. The number of methoxy groups -OCH3 is 2. The predicted molar refractivity (Wildman–Crippen MR) is 153 cm³/mol. The lowest BCUT2D eigenvalue weighted by Crippen LogP contribution is -2.38. The van der Waals surface area contributed by atoms with Crippen LogP contribution in [0.5, 0.6) is 11.5 Å². The van der Waals surface area contributed by atoms with Crippen molar-refractivity contribution in [3.05, 3.63) is 114 Å². The standard InChI is InChI=1S/C30H29N3O6S/c1-38-23-17-18-27(28(19-23)39-2)33(40(36,37)24-13-7-4-8-14-24)21-29(34)32-26-16-10-9-15-25(26)30(35)31-20-22-11-5-3-6-12-22/h3-19H,20-21H2,1-2H3,(H,31,35)(H,32,34). The van der Waals surface area contributed by atoms with E-state index in [1.807, 2.05) is 30.3 Å². The van der Waals surface area contributed by atoms with Crippen LogP contribution in [-0.4, -0.2) is 41.0 Å². The molecule has 0 aliphatic carbocycles. The number of hydrogen-bond acceptors (Lipinski definition) is 6. The zero-order chi connectivity index (χ0) is 28.5. The lowest BCUT2D eigenvalue weighted by Gasteiger charge is -2.26. The van der Waals surface area contributed by atoms with Gasteiger partial charge in [0.1, 0.15) is 18.0 Å². The smallest absolute Gasteiger partial charge is 0.264 e. The Balaban J connectivity index is 1.61. The summed E-state index contributed by atoms with van der Waals surface area (Å²) in [6.07, 6.45) is 0. The molecular formula is C30H29N3O6S. The lowest BCUT2D eigenvalue weighted by atomic mass is 10.1. The molecule has 9 nitrogen and oxygen atoms in total. The monoisotopic (exact) mass is 559 g/mol. The van der Waals surface area contributed by atoms with Crippen LogP contribution in [0.25, 0.3) is 0 Å². The first-order chi connectivity index (χ1) is 19.3. The Labute approximate surface area is 233 Å². The third-order valence-electron chi connectivity index (χ3n) is 6.02. The van der Waals surface area contributed by atoms with Crippen molar-refractivity contribution in [3.8, 4) is 11.5 Å². The molecule has 4 aromatic rings. The van der Waals surface area contributed by atoms with E-state index in [2.05, 4.69) is 10.6 Å². The fraction of sp³-hybridized carbons (Fsp3) is 0.133. The molecule has 0 radical (unpaired) electrons. The van der Waals surface area contributed by atoms with Crippen molar-refractivity contribution in [3.63, 3.8) is 0 Å². The number of nitrogens with one attached hydrogen (secondary N) is 2. The van der Waals surface area contributed by atoms with E-state index < -0.39 is 22.5 Å². The number of nitrogens with zero attached hydrogens (tertiary/aromatic N) is 1. The lowest BCUT2D eigenvalue weighted by molar-refractivity contribution is -0.114. The number of amides is 2. The summed E-state index contributed by atoms with van der Waals surface area (Å²) < 4.78 is 39.1. The van der Waals surface area contributed by atoms with E-state index in [9.17, 15) is 18.0 Å². The molecule has 0 aliphatic rings. The summed E-state index contributed by atoms with van der Waals surface area (Å²) in [5.74, 6) is -0.379. The number of carbonyl (C=O) groups excluding carboxylic acids is 2. The van der Waals surface area contributed by atoms with Gasteiger partial charge in [0, 0.05) is 12.6 Å². The highest BCUT2D eigenvalue weighted by atomic mass is 32.2. The highest BCUT2D eigenvalue weighted by Gasteiger charge is 2.30. The normalized spacial score (nSPS) is 10.8. The number of benzene rings is 4. The minimum atomic E-state index is -4.19. The van der Waals surface area contributed by atoms with Gasteiger partial charge in [-0.15, -0.1) is 0 Å². The van der Waals surface area contributed by atoms with Crippen LogP contribution in [0, 0.1) is 0 Å². The van der Waals surface area contributed by atoms with Gasteiger partial charge in [0.25, 0.3) is 15.9 Å². The fourth-order valence-corrected chi connectivity index (χ4v) is 5.45. The van der Waals surface area contributed by atoms with Crippen LogP contribution in [-0.2, 0) is 21.4 Å². The van der Waals surface area contributed by atoms with Crippen molar-refractivity contribution in [1.82, 2.24) is 5.32 Å². The maximum atomic E-state index is 13.7. The summed E-state index contributed by atoms with van der Waals surface area (Å²) in [6.45, 7) is -0.276. The van der Waals surface area contributed by atoms with Gasteiger partial charge in [0.2, 0.25) is 5.91 Å². The number of hydrogen-bond donors (Lipinski definition) is 2. The molecule has 2 amide bonds. The summed E-state index contributed by atoms with van der Waals surface area (Å²) >= 11 is 0. The van der Waals surface area contributed by atoms with Crippen molar-refractivity contribution in [2.24, 2.45) is 0 Å². The maximum Gasteiger partial charge on any atom is 0.264 e. The summed E-state index contributed by atoms with van der Waals surface area (Å²) in [4.78, 5) is 26.3. The Hall–Kier alpha value is -4.83. The third kappa shape index (κ3) is 6.59. The Morgan fingerprint density at radius 2 is 1.45 bits per heavy atom. The van der Waals surface area contributed by atoms with E-state index in [-0.39, 0.29) is 33.5 Å². The number of ether oxygens (including phenoxy) is 2. The van der Waals surface area contributed by atoms with Crippen molar-refractivity contribution in [2.45, 2.75) is 11.4 Å². The van der Waals surface area contributed by atoms with E-state index in [4.69, 9.17) is 9.47 Å². The number of sulfonamides is 1. The Morgan fingerprint density at radius 3 is 2.12 bits per heavy atom. The number of rotatable bonds is 11. The average Bonchev–Trinajstić information content (AvgIpc) is 2.99. The number of carbonyl (C=O) groups is 2. The fourth-order valence-electron chi connectivity index (χ4n) is 3.99. The van der Waals surface area contributed by atoms with E-state index in [0.29, 0.717) is 12.3 Å². The molecule has 4 rings (SSSR count). The Bertz CT molecular complexity index is 1580. The second-order valence-electron chi connectivity index (χ2n) is 8.62. The third-order valence-corrected chi connectivity index (χ3v) is 7.79. The quantitative estimate of drug-likeness (QED) is 0.280. The molecule has 10 heteroatoms. The zero-order valence-corrected chi connectivity index (χ0v) is 22.9. The number of para-hydroxylation sites is 1. The molecule has 0 aromatic heterocycles. The molecule has 0 aliphatic heterocycles. The van der Waals surface area contributed by atoms with Gasteiger partial charge in [-0.3, -0.25) is 13.9 Å². The summed E-state index contributed by atoms with van der Waals surface area (Å²) in [6, 6.07) is 28.4. The van der Waals surface area contributed by atoms with Gasteiger partial charge in [-0.25, -0.2) is 8.42 Å². The molecule has 0 unspecified atom stereocenters. The Kier molecular flexibility index (Phi) is 9.03. The largest absolute Gasteiger partial charge is 0.497 e. The van der Waals surface area contributed by atoms with Crippen LogP contribution in [0.4, 0.5) is 11.4 Å². The molecule has 0 fully saturated rings. The Morgan fingerprint density at radius 1 is 0.800 bits per heavy atom. The van der Waals surface area contributed by atoms with Crippen LogP contribution in [0.3, 0.4) is 0 Å². The first-order valence-corrected chi connectivity index (χ1v) is 13.8. The minimum absolute atomic E-state index is 0.00126. The van der Waals surface area contributed by atoms with E-state index in [1.54, 1.807) is 48.5 Å². The van der Waals surface area contributed by atoms with Crippen molar-refractivity contribution in [2.75, 3.05) is 30.4 Å². The molecule has 4 aromatic carbocycles. The molecule has 0 bridgehead atoms. The van der Waals surface area contributed by atoms with Crippen molar-refractivity contribution in [1.29, 1.82) is 0 Å². The first-order valence-electron chi connectivity index (χ1n) is 12.3. The molecule has 0 spiro atoms. The maximum absolute atomic E-state index is 13.7. The topological polar surface area (TPSA) is 114 Å². The first kappa shape index (κ1) is 28.2. The predicted octanol–water partition coefficient (Wildman–Crippen LogP) is 4.47. The second-order valence-corrected chi connectivity index (χ2v) is 10.5. The summed E-state index contributed by atoms with van der Waals surface area (Å²) in [5.41, 5.74) is 1.56. The van der Waals surface area contributed by atoms with Crippen LogP contribution in [0.2, 0.25) is 0 Å². The minimum Gasteiger partial charge on any atom is -0.497 e. The molecule has 2 N–H and O–H groups in total. The number of anilines is 2. The van der Waals surface area contributed by atoms with Gasteiger partial charge in [0.15, 0.2) is 0 Å². The van der Waals surface area contributed by atoms with Crippen LogP contribution in [0.15, 0.2) is 108 Å². The molecule has 0 saturated heterocycles. The highest BCUT2D eigenvalue weighted by Crippen LogP contribution is 2.35. The molecule has 40 heavy (non-hydrogen) atoms. The van der Waals surface area contributed by atoms with Gasteiger partial charge < -0.3 is 20.1 Å².